The van der Waals surface area contributed by atoms with Crippen LogP contribution in [0.1, 0.15) is 40.4 Å². The van der Waals surface area contributed by atoms with Crippen LogP contribution in [-0.2, 0) is 4.79 Å². The summed E-state index contributed by atoms with van der Waals surface area (Å²) in [6.07, 6.45) is 0. The molecule has 0 unspecified atom stereocenters. The molecule has 0 saturated carbocycles. The van der Waals surface area contributed by atoms with Crippen LogP contribution in [0.15, 0.2) is 66.7 Å². The molecule has 3 aliphatic heterocycles. The number of fused-ring (bicyclic) bond motifs is 6. The number of ether oxygens (including phenoxy) is 2. The van der Waals surface area contributed by atoms with Crippen molar-refractivity contribution >= 4 is 29.1 Å². The molecule has 1 N–H and O–H groups in total. The van der Waals surface area contributed by atoms with Crippen molar-refractivity contribution in [2.24, 2.45) is 5.92 Å². The second-order valence-electron chi connectivity index (χ2n) is 9.18. The molecule has 0 radical (unpaired) electrons. The van der Waals surface area contributed by atoms with E-state index in [1.165, 1.54) is 0 Å². The van der Waals surface area contributed by atoms with Crippen LogP contribution in [0.2, 0.25) is 5.02 Å². The van der Waals surface area contributed by atoms with Crippen molar-refractivity contribution in [3.8, 4) is 11.5 Å². The lowest BCUT2D eigenvalue weighted by molar-refractivity contribution is -0.125. The van der Waals surface area contributed by atoms with Crippen LogP contribution in [-0.4, -0.2) is 36.0 Å². The van der Waals surface area contributed by atoms with Crippen molar-refractivity contribution in [3.05, 3.63) is 88.4 Å². The number of nitrogens with one attached hydrogen (secondary N) is 1. The number of nitrogens with zero attached hydrogens (tertiary/aromatic N) is 1. The van der Waals surface area contributed by atoms with E-state index in [9.17, 15) is 9.59 Å². The van der Waals surface area contributed by atoms with Crippen LogP contribution in [0.5, 0.6) is 11.5 Å². The number of amides is 2. The van der Waals surface area contributed by atoms with Gasteiger partial charge in [0.2, 0.25) is 0 Å². The highest BCUT2D eigenvalue weighted by Gasteiger charge is 2.65. The first-order chi connectivity index (χ1) is 16.4. The number of rotatable bonds is 2. The third-order valence-electron chi connectivity index (χ3n) is 7.48. The molecule has 6 nitrogen and oxygen atoms in total. The second kappa shape index (κ2) is 7.50. The highest BCUT2D eigenvalue weighted by atomic mass is 35.5. The molecule has 0 bridgehead atoms. The molecule has 7 heteroatoms. The molecular formula is C27H23ClN2O4. The number of hydrogen-bond acceptors (Lipinski definition) is 4. The van der Waals surface area contributed by atoms with Gasteiger partial charge in [-0.1, -0.05) is 41.9 Å². The van der Waals surface area contributed by atoms with Crippen molar-refractivity contribution in [1.82, 2.24) is 4.90 Å². The van der Waals surface area contributed by atoms with Gasteiger partial charge in [0, 0.05) is 22.4 Å². The number of anilines is 1. The highest BCUT2D eigenvalue weighted by molar-refractivity contribution is 6.30. The molecular weight excluding hydrogens is 452 g/mol. The smallest absolute Gasteiger partial charge is 0.257 e. The van der Waals surface area contributed by atoms with Crippen molar-refractivity contribution < 1.29 is 19.1 Å². The predicted octanol–water partition coefficient (Wildman–Crippen LogP) is 5.05. The molecule has 4 atom stereocenters. The Bertz CT molecular complexity index is 1330. The van der Waals surface area contributed by atoms with Gasteiger partial charge >= 0.3 is 0 Å². The standard InChI is InChI=1S/C27H23ClN2O4/c1-27-23(15-6-4-3-5-7-15)20-14-34-22-11-8-16(28)12-19(22)24(20)30(27)25(31)18-13-17(33-2)9-10-21(18)29-26(27)32/h3-13,20,23-24H,14H2,1-2H3,(H,29,32)/t20-,23+,24+,27-/m1/s1. The second-order valence-corrected chi connectivity index (χ2v) is 9.61. The maximum atomic E-state index is 14.3. The van der Waals surface area contributed by atoms with E-state index in [0.717, 1.165) is 11.1 Å². The molecule has 0 spiro atoms. The van der Waals surface area contributed by atoms with Gasteiger partial charge in [-0.15, -0.1) is 0 Å². The number of methoxy groups -OCH3 is 1. The molecule has 6 rings (SSSR count). The van der Waals surface area contributed by atoms with Crippen LogP contribution < -0.4 is 14.8 Å². The largest absolute Gasteiger partial charge is 0.497 e. The van der Waals surface area contributed by atoms with Gasteiger partial charge in [-0.05, 0) is 48.9 Å². The first-order valence-corrected chi connectivity index (χ1v) is 11.6. The van der Waals surface area contributed by atoms with E-state index in [1.807, 2.05) is 49.4 Å². The quantitative estimate of drug-likeness (QED) is 0.564. The van der Waals surface area contributed by atoms with Crippen LogP contribution in [0.3, 0.4) is 0 Å². The summed E-state index contributed by atoms with van der Waals surface area (Å²) in [6.45, 7) is 2.25. The summed E-state index contributed by atoms with van der Waals surface area (Å²) in [4.78, 5) is 30.0. The number of carbonyl (C=O) groups excluding carboxylic acids is 2. The Hall–Kier alpha value is -3.51. The summed E-state index contributed by atoms with van der Waals surface area (Å²) in [5, 5.41) is 3.59. The summed E-state index contributed by atoms with van der Waals surface area (Å²) >= 11 is 6.39. The zero-order valence-corrected chi connectivity index (χ0v) is 19.5. The molecule has 3 aromatic rings. The Morgan fingerprint density at radius 2 is 1.88 bits per heavy atom. The van der Waals surface area contributed by atoms with Crippen LogP contribution in [0, 0.1) is 5.92 Å². The monoisotopic (exact) mass is 474 g/mol. The number of benzene rings is 3. The van der Waals surface area contributed by atoms with E-state index in [2.05, 4.69) is 5.32 Å². The van der Waals surface area contributed by atoms with Crippen molar-refractivity contribution in [3.63, 3.8) is 0 Å². The van der Waals surface area contributed by atoms with Gasteiger partial charge in [0.1, 0.15) is 17.0 Å². The molecule has 172 valence electrons. The van der Waals surface area contributed by atoms with Crippen molar-refractivity contribution in [2.45, 2.75) is 24.4 Å². The van der Waals surface area contributed by atoms with Crippen LogP contribution in [0.4, 0.5) is 5.69 Å². The molecule has 3 aliphatic rings. The van der Waals surface area contributed by atoms with E-state index in [0.29, 0.717) is 34.4 Å². The molecule has 0 aromatic heterocycles. The number of halogens is 1. The minimum atomic E-state index is -1.16. The minimum absolute atomic E-state index is 0.139. The molecule has 3 aromatic carbocycles. The fourth-order valence-electron chi connectivity index (χ4n) is 5.99. The topological polar surface area (TPSA) is 67.9 Å². The summed E-state index contributed by atoms with van der Waals surface area (Å²) in [6, 6.07) is 20.1. The fourth-order valence-corrected chi connectivity index (χ4v) is 6.17. The van der Waals surface area contributed by atoms with Crippen LogP contribution >= 0.6 is 11.6 Å². The van der Waals surface area contributed by atoms with E-state index in [1.54, 1.807) is 36.3 Å². The molecule has 3 heterocycles. The Balaban J connectivity index is 1.62. The van der Waals surface area contributed by atoms with Gasteiger partial charge in [-0.3, -0.25) is 9.59 Å². The number of carbonyl (C=O) groups is 2. The number of hydrogen-bond donors (Lipinski definition) is 1. The van der Waals surface area contributed by atoms with Crippen molar-refractivity contribution in [2.75, 3.05) is 19.0 Å². The lowest BCUT2D eigenvalue weighted by atomic mass is 9.73. The summed E-state index contributed by atoms with van der Waals surface area (Å²) < 4.78 is 11.5. The average molecular weight is 475 g/mol. The van der Waals surface area contributed by atoms with Gasteiger partial charge in [-0.2, -0.15) is 0 Å². The summed E-state index contributed by atoms with van der Waals surface area (Å²) in [5.74, 6) is 0.361. The Morgan fingerprint density at radius 3 is 2.65 bits per heavy atom. The SMILES string of the molecule is COc1ccc2c(c1)C(=O)N1[C@H]3c4cc(Cl)ccc4OC[C@@H]3[C@H](c3ccccc3)[C@]1(C)C(=O)N2. The van der Waals surface area contributed by atoms with Gasteiger partial charge in [0.05, 0.1) is 31.0 Å². The van der Waals surface area contributed by atoms with Gasteiger partial charge in [-0.25, -0.2) is 0 Å². The first kappa shape index (κ1) is 21.1. The Labute approximate surface area is 202 Å². The third kappa shape index (κ3) is 2.81. The average Bonchev–Trinajstić information content (AvgIpc) is 3.10. The summed E-state index contributed by atoms with van der Waals surface area (Å²) in [7, 11) is 1.56. The highest BCUT2D eigenvalue weighted by Crippen LogP contribution is 2.60. The fraction of sp³-hybridized carbons (Fsp3) is 0.259. The van der Waals surface area contributed by atoms with E-state index in [4.69, 9.17) is 21.1 Å². The van der Waals surface area contributed by atoms with Gasteiger partial charge in [0.25, 0.3) is 11.8 Å². The molecule has 34 heavy (non-hydrogen) atoms. The Morgan fingerprint density at radius 1 is 1.09 bits per heavy atom. The van der Waals surface area contributed by atoms with Gasteiger partial charge < -0.3 is 19.7 Å². The molecule has 1 fully saturated rings. The minimum Gasteiger partial charge on any atom is -0.497 e. The van der Waals surface area contributed by atoms with Gasteiger partial charge in [0.15, 0.2) is 0 Å². The third-order valence-corrected chi connectivity index (χ3v) is 7.72. The normalized spacial score (nSPS) is 26.9. The maximum absolute atomic E-state index is 14.3. The van der Waals surface area contributed by atoms with Crippen LogP contribution in [0.25, 0.3) is 0 Å². The first-order valence-electron chi connectivity index (χ1n) is 11.2. The maximum Gasteiger partial charge on any atom is 0.257 e. The van der Waals surface area contributed by atoms with E-state index < -0.39 is 5.54 Å². The summed E-state index contributed by atoms with van der Waals surface area (Å²) in [5.41, 5.74) is 1.53. The van der Waals surface area contributed by atoms with E-state index in [-0.39, 0.29) is 29.7 Å². The lowest BCUT2D eigenvalue weighted by Crippen LogP contribution is -2.54. The molecule has 0 aliphatic carbocycles. The molecule has 2 amide bonds. The van der Waals surface area contributed by atoms with E-state index >= 15 is 0 Å². The predicted molar refractivity (Wildman–Crippen MR) is 129 cm³/mol. The lowest BCUT2D eigenvalue weighted by Gasteiger charge is -2.38. The Kier molecular flexibility index (Phi) is 4.64. The van der Waals surface area contributed by atoms with Crippen molar-refractivity contribution in [1.29, 1.82) is 0 Å². The molecule has 1 saturated heterocycles. The zero-order valence-electron chi connectivity index (χ0n) is 18.7. The zero-order chi connectivity index (χ0) is 23.6.